The van der Waals surface area contributed by atoms with Crippen molar-refractivity contribution in [3.63, 3.8) is 0 Å². The minimum Gasteiger partial charge on any atom is -0.468 e. The summed E-state index contributed by atoms with van der Waals surface area (Å²) in [5.74, 6) is -2.59. The number of aliphatic hydroxyl groups excluding tert-OH is 4. The average Bonchev–Trinajstić information content (AvgIpc) is 3.13. The molecule has 0 spiro atoms. The largest absolute Gasteiger partial charge is 0.468 e. The van der Waals surface area contributed by atoms with Crippen LogP contribution in [0.4, 0.5) is 0 Å². The molecule has 5 atom stereocenters. The Balaban J connectivity index is 1.86. The molecule has 0 aromatic heterocycles. The minimum atomic E-state index is -1.45. The van der Waals surface area contributed by atoms with Crippen LogP contribution in [0.25, 0.3) is 0 Å². The zero-order valence-electron chi connectivity index (χ0n) is 30.9. The van der Waals surface area contributed by atoms with Crippen molar-refractivity contribution in [2.45, 2.75) is 153 Å². The monoisotopic (exact) mass is 744 g/mol. The number of Topliss-reactive ketones (excluding diaryl/α,β-unsaturated/α-hetero) is 1. The second-order valence-electron chi connectivity index (χ2n) is 13.5. The van der Waals surface area contributed by atoms with Gasteiger partial charge in [-0.15, -0.1) is 0 Å². The fraction of sp³-hybridized carbons (Fsp3) is 0.833. The Morgan fingerprint density at radius 2 is 0.865 bits per heavy atom. The van der Waals surface area contributed by atoms with Gasteiger partial charge >= 0.3 is 5.97 Å². The number of nitrogens with one attached hydrogen (secondary N) is 4. The van der Waals surface area contributed by atoms with Crippen LogP contribution in [0.15, 0.2) is 0 Å². The van der Waals surface area contributed by atoms with E-state index >= 15 is 0 Å². The van der Waals surface area contributed by atoms with Gasteiger partial charge in [0.05, 0.1) is 39.5 Å². The third kappa shape index (κ3) is 22.7. The van der Waals surface area contributed by atoms with Gasteiger partial charge in [0.2, 0.25) is 23.6 Å². The lowest BCUT2D eigenvalue weighted by atomic mass is 9.92. The molecule has 0 saturated carbocycles. The first-order valence-corrected chi connectivity index (χ1v) is 18.9. The SMILES string of the molecule is COC(=O)CNC(=O)CNC(=O)CNC(=O)CNC(=O)CCCCCCCCCCCCCCCCCCC(=O)CC1OC(CO)C(O)C(O)C1O. The summed E-state index contributed by atoms with van der Waals surface area (Å²) in [6.07, 6.45) is 12.1. The van der Waals surface area contributed by atoms with Crippen molar-refractivity contribution >= 4 is 35.4 Å². The summed E-state index contributed by atoms with van der Waals surface area (Å²) < 4.78 is 9.80. The number of carbonyl (C=O) groups is 6. The molecule has 1 aliphatic rings. The van der Waals surface area contributed by atoms with Gasteiger partial charge in [-0.05, 0) is 12.8 Å². The molecule has 0 radical (unpaired) electrons. The number of aliphatic hydroxyl groups is 4. The highest BCUT2D eigenvalue weighted by Crippen LogP contribution is 2.24. The van der Waals surface area contributed by atoms with Crippen LogP contribution in [-0.2, 0) is 38.2 Å². The van der Waals surface area contributed by atoms with Gasteiger partial charge in [-0.2, -0.15) is 0 Å². The summed E-state index contributed by atoms with van der Waals surface area (Å²) in [7, 11) is 1.19. The van der Waals surface area contributed by atoms with Crippen LogP contribution in [0, 0.1) is 0 Å². The summed E-state index contributed by atoms with van der Waals surface area (Å²) in [4.78, 5) is 70.4. The fourth-order valence-electron chi connectivity index (χ4n) is 5.81. The van der Waals surface area contributed by atoms with Gasteiger partial charge in [-0.1, -0.05) is 89.9 Å². The summed E-state index contributed by atoms with van der Waals surface area (Å²) in [6.45, 7) is -1.75. The molecule has 1 aliphatic heterocycles. The summed E-state index contributed by atoms with van der Waals surface area (Å²) in [6, 6.07) is 0. The zero-order chi connectivity index (χ0) is 38.6. The lowest BCUT2D eigenvalue weighted by molar-refractivity contribution is -0.229. The fourth-order valence-corrected chi connectivity index (χ4v) is 5.81. The van der Waals surface area contributed by atoms with E-state index in [1.54, 1.807) is 0 Å². The predicted octanol–water partition coefficient (Wildman–Crippen LogP) is 0.448. The summed E-state index contributed by atoms with van der Waals surface area (Å²) >= 11 is 0. The van der Waals surface area contributed by atoms with Crippen molar-refractivity contribution < 1.29 is 58.7 Å². The molecule has 52 heavy (non-hydrogen) atoms. The molecule has 0 bridgehead atoms. The van der Waals surface area contributed by atoms with Crippen LogP contribution in [0.1, 0.15) is 122 Å². The van der Waals surface area contributed by atoms with Crippen molar-refractivity contribution in [3.05, 3.63) is 0 Å². The van der Waals surface area contributed by atoms with Gasteiger partial charge in [0, 0.05) is 19.3 Å². The number of carbonyl (C=O) groups excluding carboxylic acids is 6. The number of hydrogen-bond donors (Lipinski definition) is 8. The molecule has 5 unspecified atom stereocenters. The number of ketones is 1. The Morgan fingerprint density at radius 1 is 0.500 bits per heavy atom. The van der Waals surface area contributed by atoms with Crippen molar-refractivity contribution in [1.29, 1.82) is 0 Å². The van der Waals surface area contributed by atoms with Gasteiger partial charge in [0.25, 0.3) is 0 Å². The first-order valence-electron chi connectivity index (χ1n) is 18.9. The number of hydrogen-bond acceptors (Lipinski definition) is 12. The molecule has 16 heteroatoms. The molecule has 0 aromatic carbocycles. The zero-order valence-corrected chi connectivity index (χ0v) is 30.9. The van der Waals surface area contributed by atoms with Gasteiger partial charge in [0.1, 0.15) is 36.7 Å². The molecule has 8 N–H and O–H groups in total. The molecule has 1 heterocycles. The van der Waals surface area contributed by atoms with Crippen LogP contribution in [0.5, 0.6) is 0 Å². The van der Waals surface area contributed by atoms with Crippen LogP contribution in [-0.4, -0.2) is 126 Å². The van der Waals surface area contributed by atoms with Crippen LogP contribution >= 0.6 is 0 Å². The van der Waals surface area contributed by atoms with E-state index in [9.17, 15) is 49.2 Å². The number of unbranched alkanes of at least 4 members (excludes halogenated alkanes) is 15. The van der Waals surface area contributed by atoms with Crippen LogP contribution < -0.4 is 21.3 Å². The van der Waals surface area contributed by atoms with Crippen LogP contribution in [0.3, 0.4) is 0 Å². The van der Waals surface area contributed by atoms with E-state index in [1.165, 1.54) is 58.5 Å². The Hall–Kier alpha value is -3.18. The van der Waals surface area contributed by atoms with E-state index in [4.69, 9.17) is 4.74 Å². The molecule has 4 amide bonds. The Labute approximate surface area is 307 Å². The molecular weight excluding hydrogens is 680 g/mol. The van der Waals surface area contributed by atoms with Crippen molar-refractivity contribution in [2.75, 3.05) is 39.9 Å². The molecule has 300 valence electrons. The number of esters is 1. The second-order valence-corrected chi connectivity index (χ2v) is 13.5. The molecule has 16 nitrogen and oxygen atoms in total. The van der Waals surface area contributed by atoms with Gasteiger partial charge in [-0.25, -0.2) is 0 Å². The predicted molar refractivity (Wildman–Crippen MR) is 191 cm³/mol. The maximum Gasteiger partial charge on any atom is 0.325 e. The highest BCUT2D eigenvalue weighted by atomic mass is 16.5. The standard InChI is InChI=1S/C36H64N4O12/c1-51-33(47)24-40-32(46)23-39-31(45)22-38-30(44)21-37-29(43)19-17-15-13-11-9-7-5-3-2-4-6-8-10-12-14-16-18-26(42)20-27-34(48)36(50)35(49)28(25-41)52-27/h27-28,34-36,41,48-50H,2-25H2,1H3,(H,37,43)(H,38,44)(H,39,45)(H,40,46). The van der Waals surface area contributed by atoms with E-state index in [2.05, 4.69) is 26.0 Å². The van der Waals surface area contributed by atoms with E-state index < -0.39 is 60.8 Å². The highest BCUT2D eigenvalue weighted by molar-refractivity contribution is 5.90. The number of methoxy groups -OCH3 is 1. The number of rotatable bonds is 30. The summed E-state index contributed by atoms with van der Waals surface area (Å²) in [5.41, 5.74) is 0. The maximum atomic E-state index is 12.3. The average molecular weight is 745 g/mol. The molecule has 1 fully saturated rings. The minimum absolute atomic E-state index is 0.0456. The summed E-state index contributed by atoms with van der Waals surface area (Å²) in [5, 5.41) is 48.5. The van der Waals surface area contributed by atoms with Gasteiger partial charge < -0.3 is 51.2 Å². The second kappa shape index (κ2) is 29.3. The Morgan fingerprint density at radius 3 is 1.29 bits per heavy atom. The van der Waals surface area contributed by atoms with Crippen LogP contribution in [0.2, 0.25) is 0 Å². The third-order valence-electron chi connectivity index (χ3n) is 9.03. The third-order valence-corrected chi connectivity index (χ3v) is 9.03. The first-order chi connectivity index (χ1) is 25.0. The smallest absolute Gasteiger partial charge is 0.325 e. The maximum absolute atomic E-state index is 12.3. The van der Waals surface area contributed by atoms with Gasteiger partial charge in [-0.3, -0.25) is 28.8 Å². The Bertz CT molecular complexity index is 1060. The van der Waals surface area contributed by atoms with Crippen molar-refractivity contribution in [3.8, 4) is 0 Å². The van der Waals surface area contributed by atoms with Gasteiger partial charge in [0.15, 0.2) is 0 Å². The van der Waals surface area contributed by atoms with Crippen molar-refractivity contribution in [1.82, 2.24) is 21.3 Å². The van der Waals surface area contributed by atoms with E-state index in [0.717, 1.165) is 51.4 Å². The molecule has 0 aliphatic carbocycles. The molecule has 1 rings (SSSR count). The lowest BCUT2D eigenvalue weighted by Crippen LogP contribution is -2.58. The Kier molecular flexibility index (Phi) is 26.4. The highest BCUT2D eigenvalue weighted by Gasteiger charge is 2.43. The van der Waals surface area contributed by atoms with E-state index in [1.807, 2.05) is 0 Å². The number of ether oxygens (including phenoxy) is 2. The first kappa shape index (κ1) is 46.8. The normalized spacial score (nSPS) is 19.8. The number of amides is 4. The molecule has 0 aromatic rings. The van der Waals surface area contributed by atoms with Crippen molar-refractivity contribution in [2.24, 2.45) is 0 Å². The van der Waals surface area contributed by atoms with E-state index in [0.29, 0.717) is 12.8 Å². The molecular formula is C36H64N4O12. The quantitative estimate of drug-likeness (QED) is 0.0369. The van der Waals surface area contributed by atoms with E-state index in [-0.39, 0.29) is 44.3 Å². The topological polar surface area (TPSA) is 250 Å². The lowest BCUT2D eigenvalue weighted by Gasteiger charge is -2.39. The molecule has 1 saturated heterocycles.